The van der Waals surface area contributed by atoms with Gasteiger partial charge in [-0.15, -0.1) is 11.3 Å². The third-order valence-corrected chi connectivity index (χ3v) is 5.43. The van der Waals surface area contributed by atoms with Crippen molar-refractivity contribution < 1.29 is 13.9 Å². The van der Waals surface area contributed by atoms with Crippen LogP contribution in [0.5, 0.6) is 5.75 Å². The first kappa shape index (κ1) is 19.3. The summed E-state index contributed by atoms with van der Waals surface area (Å²) in [6, 6.07) is 13.5. The van der Waals surface area contributed by atoms with Crippen LogP contribution >= 0.6 is 22.9 Å². The van der Waals surface area contributed by atoms with Gasteiger partial charge in [0.1, 0.15) is 16.6 Å². The first-order chi connectivity index (χ1) is 13.0. The Kier molecular flexibility index (Phi) is 6.08. The lowest BCUT2D eigenvalue weighted by atomic mass is 10.2. The Hall–Kier alpha value is -2.44. The van der Waals surface area contributed by atoms with E-state index in [0.29, 0.717) is 27.9 Å². The van der Waals surface area contributed by atoms with E-state index in [9.17, 15) is 9.18 Å². The largest absolute Gasteiger partial charge is 0.479 e. The molecule has 0 unspecified atom stereocenters. The molecule has 1 amide bonds. The number of ether oxygens (including phenoxy) is 1. The molecule has 0 saturated heterocycles. The molecule has 0 bridgehead atoms. The third kappa shape index (κ3) is 4.64. The maximum Gasteiger partial charge on any atom is 0.261 e. The Morgan fingerprint density at radius 3 is 2.70 bits per heavy atom. The Morgan fingerprint density at radius 1 is 1.26 bits per heavy atom. The van der Waals surface area contributed by atoms with E-state index in [1.807, 2.05) is 6.92 Å². The first-order valence-electron chi connectivity index (χ1n) is 8.36. The van der Waals surface area contributed by atoms with E-state index >= 15 is 0 Å². The standard InChI is InChI=1S/C20H18ClFN2O2S/c1-12-18(27-20(24-12)14-7-3-5-9-16(14)22)11-23-19(25)13(2)26-17-10-6-4-8-15(17)21/h3-10,13H,11H2,1-2H3,(H,23,25)/t13-/m0/s1. The van der Waals surface area contributed by atoms with Crippen molar-refractivity contribution in [2.75, 3.05) is 0 Å². The van der Waals surface area contributed by atoms with Crippen LogP contribution in [0.4, 0.5) is 4.39 Å². The summed E-state index contributed by atoms with van der Waals surface area (Å²) < 4.78 is 19.6. The van der Waals surface area contributed by atoms with Crippen molar-refractivity contribution in [2.45, 2.75) is 26.5 Å². The number of benzene rings is 2. The third-order valence-electron chi connectivity index (χ3n) is 3.93. The second kappa shape index (κ2) is 8.50. The SMILES string of the molecule is Cc1nc(-c2ccccc2F)sc1CNC(=O)[C@H](C)Oc1ccccc1Cl. The minimum absolute atomic E-state index is 0.268. The van der Waals surface area contributed by atoms with Crippen molar-refractivity contribution in [1.29, 1.82) is 0 Å². The van der Waals surface area contributed by atoms with Crippen molar-refractivity contribution in [3.8, 4) is 16.3 Å². The van der Waals surface area contributed by atoms with Crippen LogP contribution in [-0.2, 0) is 11.3 Å². The smallest absolute Gasteiger partial charge is 0.261 e. The summed E-state index contributed by atoms with van der Waals surface area (Å²) in [6.45, 7) is 3.79. The molecular weight excluding hydrogens is 387 g/mol. The summed E-state index contributed by atoms with van der Waals surface area (Å²) >= 11 is 7.41. The van der Waals surface area contributed by atoms with Crippen LogP contribution in [0.3, 0.4) is 0 Å². The number of hydrogen-bond acceptors (Lipinski definition) is 4. The van der Waals surface area contributed by atoms with Crippen LogP contribution in [-0.4, -0.2) is 17.0 Å². The fourth-order valence-electron chi connectivity index (χ4n) is 2.44. The number of aryl methyl sites for hydroxylation is 1. The van der Waals surface area contributed by atoms with Crippen LogP contribution in [0.15, 0.2) is 48.5 Å². The summed E-state index contributed by atoms with van der Waals surface area (Å²) in [5, 5.41) is 3.87. The summed E-state index contributed by atoms with van der Waals surface area (Å²) in [5.74, 6) is -0.128. The van der Waals surface area contributed by atoms with Crippen LogP contribution in [0.25, 0.3) is 10.6 Å². The molecule has 0 fully saturated rings. The molecule has 0 aliphatic heterocycles. The van der Waals surface area contributed by atoms with Gasteiger partial charge in [-0.1, -0.05) is 35.9 Å². The topological polar surface area (TPSA) is 51.2 Å². The molecule has 27 heavy (non-hydrogen) atoms. The van der Waals surface area contributed by atoms with Gasteiger partial charge in [0, 0.05) is 10.4 Å². The van der Waals surface area contributed by atoms with Crippen LogP contribution < -0.4 is 10.1 Å². The molecule has 0 spiro atoms. The lowest BCUT2D eigenvalue weighted by Gasteiger charge is -2.15. The minimum Gasteiger partial charge on any atom is -0.479 e. The fourth-order valence-corrected chi connectivity index (χ4v) is 3.65. The molecular formula is C20H18ClFN2O2S. The average molecular weight is 405 g/mol. The van der Waals surface area contributed by atoms with Crippen molar-refractivity contribution >= 4 is 28.8 Å². The van der Waals surface area contributed by atoms with Gasteiger partial charge in [0.05, 0.1) is 17.3 Å². The number of nitrogens with one attached hydrogen (secondary N) is 1. The number of para-hydroxylation sites is 1. The predicted molar refractivity (Wildman–Crippen MR) is 106 cm³/mol. The van der Waals surface area contributed by atoms with E-state index in [1.165, 1.54) is 17.4 Å². The number of carbonyl (C=O) groups is 1. The van der Waals surface area contributed by atoms with Crippen molar-refractivity contribution in [2.24, 2.45) is 0 Å². The molecule has 1 aromatic heterocycles. The highest BCUT2D eigenvalue weighted by Gasteiger charge is 2.18. The Morgan fingerprint density at radius 2 is 1.96 bits per heavy atom. The van der Waals surface area contributed by atoms with Gasteiger partial charge in [0.15, 0.2) is 6.10 Å². The van der Waals surface area contributed by atoms with Gasteiger partial charge in [0.2, 0.25) is 0 Å². The lowest BCUT2D eigenvalue weighted by Crippen LogP contribution is -2.35. The van der Waals surface area contributed by atoms with Gasteiger partial charge < -0.3 is 10.1 Å². The summed E-state index contributed by atoms with van der Waals surface area (Å²) in [5.41, 5.74) is 1.22. The van der Waals surface area contributed by atoms with Gasteiger partial charge in [-0.2, -0.15) is 0 Å². The molecule has 140 valence electrons. The highest BCUT2D eigenvalue weighted by molar-refractivity contribution is 7.15. The number of thiazole rings is 1. The van der Waals surface area contributed by atoms with Crippen molar-refractivity contribution in [3.63, 3.8) is 0 Å². The zero-order valence-corrected chi connectivity index (χ0v) is 16.4. The van der Waals surface area contributed by atoms with Gasteiger partial charge >= 0.3 is 0 Å². The van der Waals surface area contributed by atoms with Gasteiger partial charge in [0.25, 0.3) is 5.91 Å². The maximum atomic E-state index is 13.9. The minimum atomic E-state index is -0.704. The van der Waals surface area contributed by atoms with Crippen LogP contribution in [0.1, 0.15) is 17.5 Å². The number of carbonyl (C=O) groups excluding carboxylic acids is 1. The number of nitrogens with zero attached hydrogens (tertiary/aromatic N) is 1. The van der Waals surface area contributed by atoms with E-state index in [4.69, 9.17) is 16.3 Å². The van der Waals surface area contributed by atoms with Gasteiger partial charge in [-0.25, -0.2) is 9.37 Å². The molecule has 1 heterocycles. The molecule has 0 saturated carbocycles. The second-order valence-electron chi connectivity index (χ2n) is 5.92. The molecule has 0 radical (unpaired) electrons. The van der Waals surface area contributed by atoms with Gasteiger partial charge in [-0.3, -0.25) is 4.79 Å². The molecule has 7 heteroatoms. The molecule has 0 aliphatic carbocycles. The van der Waals surface area contributed by atoms with Crippen LogP contribution in [0, 0.1) is 12.7 Å². The zero-order valence-electron chi connectivity index (χ0n) is 14.8. The summed E-state index contributed by atoms with van der Waals surface area (Å²) in [6.07, 6.45) is -0.704. The number of halogens is 2. The van der Waals surface area contributed by atoms with E-state index in [2.05, 4.69) is 10.3 Å². The Labute approximate surface area is 166 Å². The van der Waals surface area contributed by atoms with Crippen molar-refractivity contribution in [3.05, 3.63) is 69.9 Å². The molecule has 2 aromatic carbocycles. The lowest BCUT2D eigenvalue weighted by molar-refractivity contribution is -0.127. The predicted octanol–water partition coefficient (Wildman–Crippen LogP) is 4.99. The van der Waals surface area contributed by atoms with Gasteiger partial charge in [-0.05, 0) is 38.1 Å². The molecule has 3 aromatic rings. The highest BCUT2D eigenvalue weighted by atomic mass is 35.5. The van der Waals surface area contributed by atoms with E-state index in [1.54, 1.807) is 49.4 Å². The molecule has 4 nitrogen and oxygen atoms in total. The number of rotatable bonds is 6. The highest BCUT2D eigenvalue weighted by Crippen LogP contribution is 2.29. The Balaban J connectivity index is 1.64. The van der Waals surface area contributed by atoms with E-state index in [0.717, 1.165) is 10.6 Å². The second-order valence-corrected chi connectivity index (χ2v) is 7.41. The molecule has 1 N–H and O–H groups in total. The monoisotopic (exact) mass is 404 g/mol. The zero-order chi connectivity index (χ0) is 19.4. The fraction of sp³-hybridized carbons (Fsp3) is 0.200. The molecule has 3 rings (SSSR count). The molecule has 0 aliphatic rings. The Bertz CT molecular complexity index is 961. The van der Waals surface area contributed by atoms with E-state index in [-0.39, 0.29) is 11.7 Å². The van der Waals surface area contributed by atoms with E-state index < -0.39 is 6.10 Å². The van der Waals surface area contributed by atoms with Crippen molar-refractivity contribution in [1.82, 2.24) is 10.3 Å². The van der Waals surface area contributed by atoms with Crippen LogP contribution in [0.2, 0.25) is 5.02 Å². The number of amides is 1. The average Bonchev–Trinajstić information content (AvgIpc) is 3.02. The maximum absolute atomic E-state index is 13.9. The summed E-state index contributed by atoms with van der Waals surface area (Å²) in [4.78, 5) is 17.6. The molecule has 1 atom stereocenters. The first-order valence-corrected chi connectivity index (χ1v) is 9.55. The number of hydrogen-bond donors (Lipinski definition) is 1. The normalized spacial score (nSPS) is 11.9. The number of aromatic nitrogens is 1. The summed E-state index contributed by atoms with van der Waals surface area (Å²) in [7, 11) is 0. The quantitative estimate of drug-likeness (QED) is 0.629.